The lowest BCUT2D eigenvalue weighted by molar-refractivity contribution is -0.124. The van der Waals surface area contributed by atoms with Crippen LogP contribution in [0.25, 0.3) is 11.3 Å². The second-order valence-electron chi connectivity index (χ2n) is 9.04. The van der Waals surface area contributed by atoms with Crippen LogP contribution in [0.3, 0.4) is 0 Å². The molecule has 2 N–H and O–H groups in total. The quantitative estimate of drug-likeness (QED) is 0.519. The molecule has 2 aromatic carbocycles. The molecule has 3 aromatic rings. The summed E-state index contributed by atoms with van der Waals surface area (Å²) in [6.45, 7) is 2.88. The van der Waals surface area contributed by atoms with E-state index in [9.17, 15) is 19.1 Å². The van der Waals surface area contributed by atoms with Crippen molar-refractivity contribution in [3.63, 3.8) is 0 Å². The van der Waals surface area contributed by atoms with Gasteiger partial charge in [0.15, 0.2) is 5.82 Å². The number of rotatable bonds is 7. The van der Waals surface area contributed by atoms with Crippen LogP contribution in [-0.4, -0.2) is 45.4 Å². The van der Waals surface area contributed by atoms with Crippen LogP contribution in [0.1, 0.15) is 25.0 Å². The Labute approximate surface area is 207 Å². The normalized spacial score (nSPS) is 12.4. The Morgan fingerprint density at radius 1 is 1.29 bits per heavy atom. The number of aryl methyl sites for hydroxylation is 1. The number of halogens is 2. The number of nitrogens with one attached hydrogen (secondary N) is 1. The third-order valence-corrected chi connectivity index (χ3v) is 5.80. The van der Waals surface area contributed by atoms with Gasteiger partial charge in [0.1, 0.15) is 24.7 Å². The molecule has 35 heavy (non-hydrogen) atoms. The number of fused-ring (bicyclic) bond motifs is 3. The lowest BCUT2D eigenvalue weighted by Gasteiger charge is -2.25. The van der Waals surface area contributed by atoms with E-state index in [0.717, 1.165) is 0 Å². The van der Waals surface area contributed by atoms with Crippen LogP contribution in [-0.2, 0) is 29.7 Å². The average molecular weight is 501 g/mol. The van der Waals surface area contributed by atoms with Gasteiger partial charge < -0.3 is 15.2 Å². The van der Waals surface area contributed by atoms with E-state index < -0.39 is 23.2 Å². The fourth-order valence-corrected chi connectivity index (χ4v) is 4.07. The molecule has 4 rings (SSSR count). The SMILES string of the molecule is Cn1nc(N(CC(=O)NCC(C)(C)O)C(=O)Cc2ccccc2F)c2c1-c1cc(Cl)ccc1OC2. The largest absolute Gasteiger partial charge is 0.488 e. The second kappa shape index (κ2) is 9.67. The molecule has 8 nitrogen and oxygen atoms in total. The molecule has 2 amide bonds. The summed E-state index contributed by atoms with van der Waals surface area (Å²) >= 11 is 6.20. The monoisotopic (exact) mass is 500 g/mol. The Bertz CT molecular complexity index is 1280. The molecular weight excluding hydrogens is 475 g/mol. The van der Waals surface area contributed by atoms with E-state index >= 15 is 0 Å². The maximum absolute atomic E-state index is 14.3. The third-order valence-electron chi connectivity index (χ3n) is 5.57. The van der Waals surface area contributed by atoms with E-state index in [4.69, 9.17) is 16.3 Å². The zero-order valence-corrected chi connectivity index (χ0v) is 20.4. The number of nitrogens with zero attached hydrogens (tertiary/aromatic N) is 3. The minimum Gasteiger partial charge on any atom is -0.488 e. The summed E-state index contributed by atoms with van der Waals surface area (Å²) in [5, 5.41) is 17.6. The number of amides is 2. The van der Waals surface area contributed by atoms with E-state index in [0.29, 0.717) is 27.6 Å². The average Bonchev–Trinajstić information content (AvgIpc) is 3.13. The summed E-state index contributed by atoms with van der Waals surface area (Å²) in [7, 11) is 1.73. The van der Waals surface area contributed by atoms with Gasteiger partial charge in [-0.05, 0) is 43.7 Å². The van der Waals surface area contributed by atoms with Crippen molar-refractivity contribution in [3.05, 3.63) is 64.4 Å². The number of hydrogen-bond donors (Lipinski definition) is 2. The van der Waals surface area contributed by atoms with Crippen LogP contribution in [0.15, 0.2) is 42.5 Å². The van der Waals surface area contributed by atoms with E-state index in [1.54, 1.807) is 55.9 Å². The van der Waals surface area contributed by atoms with Gasteiger partial charge in [0.25, 0.3) is 0 Å². The fraction of sp³-hybridized carbons (Fsp3) is 0.320. The Hall–Kier alpha value is -3.43. The van der Waals surface area contributed by atoms with Gasteiger partial charge in [-0.15, -0.1) is 0 Å². The summed E-state index contributed by atoms with van der Waals surface area (Å²) in [6, 6.07) is 11.2. The summed E-state index contributed by atoms with van der Waals surface area (Å²) in [6.07, 6.45) is -0.264. The summed E-state index contributed by atoms with van der Waals surface area (Å²) < 4.78 is 21.8. The molecule has 1 aliphatic heterocycles. The van der Waals surface area contributed by atoms with Crippen LogP contribution in [0.4, 0.5) is 10.2 Å². The van der Waals surface area contributed by atoms with E-state index in [1.165, 1.54) is 17.0 Å². The van der Waals surface area contributed by atoms with Crippen LogP contribution < -0.4 is 15.0 Å². The van der Waals surface area contributed by atoms with Crippen molar-refractivity contribution in [2.24, 2.45) is 7.05 Å². The Kier molecular flexibility index (Phi) is 6.82. The number of anilines is 1. The van der Waals surface area contributed by atoms with Crippen LogP contribution in [0.2, 0.25) is 5.02 Å². The molecule has 2 heterocycles. The highest BCUT2D eigenvalue weighted by Crippen LogP contribution is 2.42. The van der Waals surface area contributed by atoms with Crippen LogP contribution >= 0.6 is 11.6 Å². The second-order valence-corrected chi connectivity index (χ2v) is 9.48. The van der Waals surface area contributed by atoms with Gasteiger partial charge in [0.05, 0.1) is 23.3 Å². The maximum atomic E-state index is 14.3. The number of aromatic nitrogens is 2. The smallest absolute Gasteiger partial charge is 0.240 e. The molecule has 0 fully saturated rings. The van der Waals surface area contributed by atoms with Gasteiger partial charge in [-0.25, -0.2) is 4.39 Å². The highest BCUT2D eigenvalue weighted by atomic mass is 35.5. The third kappa shape index (κ3) is 5.47. The first-order chi connectivity index (χ1) is 16.5. The molecule has 0 bridgehead atoms. The number of carbonyl (C=O) groups is 2. The van der Waals surface area contributed by atoms with Crippen molar-refractivity contribution in [2.75, 3.05) is 18.0 Å². The van der Waals surface area contributed by atoms with Crippen LogP contribution in [0, 0.1) is 5.82 Å². The topological polar surface area (TPSA) is 96.7 Å². The predicted octanol–water partition coefficient (Wildman–Crippen LogP) is 3.23. The number of hydrogen-bond acceptors (Lipinski definition) is 5. The lowest BCUT2D eigenvalue weighted by atomic mass is 10.0. The molecule has 1 aromatic heterocycles. The van der Waals surface area contributed by atoms with Crippen molar-refractivity contribution in [1.82, 2.24) is 15.1 Å². The molecule has 184 valence electrons. The van der Waals surface area contributed by atoms with Gasteiger partial charge in [0, 0.05) is 24.2 Å². The number of benzene rings is 2. The molecular formula is C25H26ClFN4O4. The first-order valence-corrected chi connectivity index (χ1v) is 11.4. The van der Waals surface area contributed by atoms with Crippen molar-refractivity contribution >= 4 is 29.2 Å². The first kappa shape index (κ1) is 24.7. The molecule has 0 radical (unpaired) electrons. The molecule has 0 unspecified atom stereocenters. The molecule has 0 saturated carbocycles. The van der Waals surface area contributed by atoms with Gasteiger partial charge >= 0.3 is 0 Å². The molecule has 0 spiro atoms. The van der Waals surface area contributed by atoms with Crippen molar-refractivity contribution in [1.29, 1.82) is 0 Å². The van der Waals surface area contributed by atoms with Gasteiger partial charge in [-0.3, -0.25) is 19.2 Å². The molecule has 0 atom stereocenters. The zero-order chi connectivity index (χ0) is 25.3. The van der Waals surface area contributed by atoms with Crippen LogP contribution in [0.5, 0.6) is 5.75 Å². The van der Waals surface area contributed by atoms with E-state index in [1.807, 2.05) is 0 Å². The summed E-state index contributed by atoms with van der Waals surface area (Å²) in [5.74, 6) is -0.640. The minimum absolute atomic E-state index is 0.00348. The predicted molar refractivity (Wildman–Crippen MR) is 130 cm³/mol. The standard InChI is InChI=1S/C25H26ClFN4O4/c1-25(2,34)14-28-21(32)12-31(22(33)10-15-6-4-5-7-19(15)27)24-18-13-35-20-9-8-16(26)11-17(20)23(18)30(3)29-24/h4-9,11,34H,10,12-14H2,1-3H3,(H,28,32). The highest BCUT2D eigenvalue weighted by Gasteiger charge is 2.32. The van der Waals surface area contributed by atoms with Gasteiger partial charge in [-0.1, -0.05) is 29.8 Å². The van der Waals surface area contributed by atoms with Gasteiger partial charge in [-0.2, -0.15) is 5.10 Å². The zero-order valence-electron chi connectivity index (χ0n) is 19.6. The first-order valence-electron chi connectivity index (χ1n) is 11.0. The Morgan fingerprint density at radius 2 is 2.03 bits per heavy atom. The Balaban J connectivity index is 1.71. The van der Waals surface area contributed by atoms with Crippen molar-refractivity contribution < 1.29 is 23.8 Å². The van der Waals surface area contributed by atoms with E-state index in [-0.39, 0.29) is 37.5 Å². The van der Waals surface area contributed by atoms with Gasteiger partial charge in [0.2, 0.25) is 11.8 Å². The lowest BCUT2D eigenvalue weighted by Crippen LogP contribution is -2.46. The number of aliphatic hydroxyl groups is 1. The number of carbonyl (C=O) groups excluding carboxylic acids is 2. The summed E-state index contributed by atoms with van der Waals surface area (Å²) in [5.41, 5.74) is 1.12. The summed E-state index contributed by atoms with van der Waals surface area (Å²) in [4.78, 5) is 27.4. The minimum atomic E-state index is -1.13. The highest BCUT2D eigenvalue weighted by molar-refractivity contribution is 6.31. The maximum Gasteiger partial charge on any atom is 0.240 e. The molecule has 1 aliphatic rings. The molecule has 10 heteroatoms. The van der Waals surface area contributed by atoms with Crippen molar-refractivity contribution in [2.45, 2.75) is 32.5 Å². The van der Waals surface area contributed by atoms with E-state index in [2.05, 4.69) is 10.4 Å². The fourth-order valence-electron chi connectivity index (χ4n) is 3.90. The number of ether oxygens (including phenoxy) is 1. The molecule has 0 aliphatic carbocycles. The molecule has 0 saturated heterocycles. The Morgan fingerprint density at radius 3 is 2.74 bits per heavy atom. The van der Waals surface area contributed by atoms with Crippen molar-refractivity contribution in [3.8, 4) is 17.0 Å².